The van der Waals surface area contributed by atoms with E-state index >= 15 is 0 Å². The SMILES string of the molecule is OC1(Cc2ccc(F)c(Br)c2)C=CCCC1. The van der Waals surface area contributed by atoms with Crippen LogP contribution in [0.25, 0.3) is 0 Å². The van der Waals surface area contributed by atoms with Crippen molar-refractivity contribution < 1.29 is 9.50 Å². The van der Waals surface area contributed by atoms with Gasteiger partial charge in [-0.1, -0.05) is 18.2 Å². The first-order valence-electron chi connectivity index (χ1n) is 5.43. The van der Waals surface area contributed by atoms with Gasteiger partial charge in [0.15, 0.2) is 0 Å². The van der Waals surface area contributed by atoms with E-state index in [9.17, 15) is 9.50 Å². The van der Waals surface area contributed by atoms with Gasteiger partial charge in [-0.05, 0) is 52.9 Å². The molecule has 1 aromatic carbocycles. The van der Waals surface area contributed by atoms with Crippen molar-refractivity contribution in [3.63, 3.8) is 0 Å². The highest BCUT2D eigenvalue weighted by molar-refractivity contribution is 9.10. The molecule has 1 N–H and O–H groups in total. The second-order valence-corrected chi connectivity index (χ2v) is 5.18. The normalized spacial score (nSPS) is 24.7. The van der Waals surface area contributed by atoms with E-state index in [1.807, 2.05) is 12.2 Å². The minimum atomic E-state index is -0.754. The van der Waals surface area contributed by atoms with E-state index in [4.69, 9.17) is 0 Å². The molecular formula is C13H14BrFO. The first kappa shape index (κ1) is 11.8. The van der Waals surface area contributed by atoms with Gasteiger partial charge in [-0.2, -0.15) is 0 Å². The number of hydrogen-bond donors (Lipinski definition) is 1. The predicted molar refractivity (Wildman–Crippen MR) is 65.7 cm³/mol. The number of aliphatic hydroxyl groups is 1. The predicted octanol–water partition coefficient (Wildman–Crippen LogP) is 3.60. The molecule has 1 aliphatic rings. The Bertz CT molecular complexity index is 416. The zero-order valence-electron chi connectivity index (χ0n) is 8.92. The minimum Gasteiger partial charge on any atom is -0.385 e. The summed E-state index contributed by atoms with van der Waals surface area (Å²) in [6.45, 7) is 0. The van der Waals surface area contributed by atoms with Crippen molar-refractivity contribution in [2.75, 3.05) is 0 Å². The summed E-state index contributed by atoms with van der Waals surface area (Å²) >= 11 is 3.15. The lowest BCUT2D eigenvalue weighted by molar-refractivity contribution is 0.0751. The average Bonchev–Trinajstić information content (AvgIpc) is 2.24. The van der Waals surface area contributed by atoms with Gasteiger partial charge in [-0.25, -0.2) is 4.39 Å². The molecule has 1 aromatic rings. The molecule has 16 heavy (non-hydrogen) atoms. The third kappa shape index (κ3) is 2.71. The van der Waals surface area contributed by atoms with Crippen molar-refractivity contribution in [1.29, 1.82) is 0 Å². The third-order valence-electron chi connectivity index (χ3n) is 2.90. The summed E-state index contributed by atoms with van der Waals surface area (Å²) in [5.74, 6) is -0.269. The molecule has 0 heterocycles. The first-order chi connectivity index (χ1) is 7.59. The summed E-state index contributed by atoms with van der Waals surface area (Å²) < 4.78 is 13.5. The lowest BCUT2D eigenvalue weighted by atomic mass is 9.85. The van der Waals surface area contributed by atoms with E-state index in [0.717, 1.165) is 24.8 Å². The van der Waals surface area contributed by atoms with Crippen molar-refractivity contribution in [2.24, 2.45) is 0 Å². The fourth-order valence-electron chi connectivity index (χ4n) is 2.06. The molecule has 3 heteroatoms. The fourth-order valence-corrected chi connectivity index (χ4v) is 2.49. The molecule has 86 valence electrons. The number of benzene rings is 1. The first-order valence-corrected chi connectivity index (χ1v) is 6.22. The van der Waals surface area contributed by atoms with Gasteiger partial charge < -0.3 is 5.11 Å². The molecule has 0 aliphatic heterocycles. The molecule has 2 rings (SSSR count). The monoisotopic (exact) mass is 284 g/mol. The lowest BCUT2D eigenvalue weighted by Gasteiger charge is -2.27. The van der Waals surface area contributed by atoms with Crippen LogP contribution in [0.4, 0.5) is 4.39 Å². The van der Waals surface area contributed by atoms with Gasteiger partial charge in [0.05, 0.1) is 10.1 Å². The summed E-state index contributed by atoms with van der Waals surface area (Å²) in [4.78, 5) is 0. The molecule has 0 bridgehead atoms. The number of rotatable bonds is 2. The average molecular weight is 285 g/mol. The van der Waals surface area contributed by atoms with Crippen LogP contribution in [0, 0.1) is 5.82 Å². The van der Waals surface area contributed by atoms with Crippen molar-refractivity contribution in [3.8, 4) is 0 Å². The molecule has 1 unspecified atom stereocenters. The molecule has 0 fully saturated rings. The van der Waals surface area contributed by atoms with Crippen LogP contribution in [0.3, 0.4) is 0 Å². The quantitative estimate of drug-likeness (QED) is 0.823. The molecule has 0 spiro atoms. The van der Waals surface area contributed by atoms with Crippen LogP contribution < -0.4 is 0 Å². The van der Waals surface area contributed by atoms with Gasteiger partial charge in [0, 0.05) is 6.42 Å². The Labute approximate surface area is 103 Å². The topological polar surface area (TPSA) is 20.2 Å². The van der Waals surface area contributed by atoms with E-state index in [1.54, 1.807) is 12.1 Å². The van der Waals surface area contributed by atoms with Crippen LogP contribution >= 0.6 is 15.9 Å². The second kappa shape index (κ2) is 4.68. The molecule has 1 atom stereocenters. The van der Waals surface area contributed by atoms with E-state index in [1.165, 1.54) is 6.07 Å². The summed E-state index contributed by atoms with van der Waals surface area (Å²) in [5, 5.41) is 10.3. The van der Waals surface area contributed by atoms with Gasteiger partial charge in [-0.3, -0.25) is 0 Å². The summed E-state index contributed by atoms with van der Waals surface area (Å²) in [6, 6.07) is 4.88. The number of hydrogen-bond acceptors (Lipinski definition) is 1. The smallest absolute Gasteiger partial charge is 0.137 e. The Morgan fingerprint density at radius 3 is 2.88 bits per heavy atom. The molecule has 0 radical (unpaired) electrons. The highest BCUT2D eigenvalue weighted by Gasteiger charge is 2.25. The Hall–Kier alpha value is -0.670. The zero-order chi connectivity index (χ0) is 11.6. The molecule has 0 amide bonds. The molecule has 1 nitrogen and oxygen atoms in total. The van der Waals surface area contributed by atoms with Crippen LogP contribution in [0.1, 0.15) is 24.8 Å². The van der Waals surface area contributed by atoms with Crippen LogP contribution in [-0.2, 0) is 6.42 Å². The summed E-state index contributed by atoms with van der Waals surface area (Å²) in [5.41, 5.74) is 0.192. The van der Waals surface area contributed by atoms with Gasteiger partial charge in [0.1, 0.15) is 5.82 Å². The zero-order valence-corrected chi connectivity index (χ0v) is 10.5. The highest BCUT2D eigenvalue weighted by Crippen LogP contribution is 2.27. The van der Waals surface area contributed by atoms with E-state index in [-0.39, 0.29) is 5.82 Å². The lowest BCUT2D eigenvalue weighted by Crippen LogP contribution is -2.30. The van der Waals surface area contributed by atoms with Crippen molar-refractivity contribution in [3.05, 3.63) is 46.2 Å². The Balaban J connectivity index is 2.17. The summed E-state index contributed by atoms with van der Waals surface area (Å²) in [7, 11) is 0. The van der Waals surface area contributed by atoms with Crippen molar-refractivity contribution in [2.45, 2.75) is 31.3 Å². The Morgan fingerprint density at radius 2 is 2.25 bits per heavy atom. The van der Waals surface area contributed by atoms with Crippen LogP contribution in [0.2, 0.25) is 0 Å². The van der Waals surface area contributed by atoms with Crippen LogP contribution in [0.15, 0.2) is 34.8 Å². The van der Waals surface area contributed by atoms with Gasteiger partial charge in [0.2, 0.25) is 0 Å². The highest BCUT2D eigenvalue weighted by atomic mass is 79.9. The second-order valence-electron chi connectivity index (χ2n) is 4.32. The molecule has 0 saturated heterocycles. The van der Waals surface area contributed by atoms with Gasteiger partial charge in [-0.15, -0.1) is 0 Å². The molecule has 0 aromatic heterocycles. The van der Waals surface area contributed by atoms with Crippen LogP contribution in [-0.4, -0.2) is 10.7 Å². The molecule has 0 saturated carbocycles. The van der Waals surface area contributed by atoms with Crippen molar-refractivity contribution in [1.82, 2.24) is 0 Å². The standard InChI is InChI=1S/C13H14BrFO/c14-11-8-10(4-5-12(11)15)9-13(16)6-2-1-3-7-13/h2,4-6,8,16H,1,3,7,9H2. The van der Waals surface area contributed by atoms with E-state index < -0.39 is 5.60 Å². The maximum absolute atomic E-state index is 13.0. The maximum atomic E-state index is 13.0. The fraction of sp³-hybridized carbons (Fsp3) is 0.385. The third-order valence-corrected chi connectivity index (χ3v) is 3.51. The number of allylic oxidation sites excluding steroid dienone is 1. The van der Waals surface area contributed by atoms with Gasteiger partial charge >= 0.3 is 0 Å². The Morgan fingerprint density at radius 1 is 1.44 bits per heavy atom. The maximum Gasteiger partial charge on any atom is 0.137 e. The van der Waals surface area contributed by atoms with Crippen LogP contribution in [0.5, 0.6) is 0 Å². The Kier molecular flexibility index (Phi) is 3.45. The van der Waals surface area contributed by atoms with E-state index in [0.29, 0.717) is 10.9 Å². The molecule has 1 aliphatic carbocycles. The minimum absolute atomic E-state index is 0.269. The largest absolute Gasteiger partial charge is 0.385 e. The van der Waals surface area contributed by atoms with Crippen molar-refractivity contribution >= 4 is 15.9 Å². The van der Waals surface area contributed by atoms with E-state index in [2.05, 4.69) is 15.9 Å². The summed E-state index contributed by atoms with van der Waals surface area (Å²) in [6.07, 6.45) is 7.25. The van der Waals surface area contributed by atoms with Gasteiger partial charge in [0.25, 0.3) is 0 Å². The molecular weight excluding hydrogens is 271 g/mol. The number of halogens is 2.